The van der Waals surface area contributed by atoms with Crippen LogP contribution >= 0.6 is 0 Å². The van der Waals surface area contributed by atoms with Crippen LogP contribution in [0.15, 0.2) is 12.1 Å². The van der Waals surface area contributed by atoms with Gasteiger partial charge in [-0.15, -0.1) is 0 Å². The number of fused-ring (bicyclic) bond motifs is 1. The summed E-state index contributed by atoms with van der Waals surface area (Å²) in [5.41, 5.74) is 11.9. The molecule has 2 nitrogen and oxygen atoms in total. The molecule has 0 radical (unpaired) electrons. The molecule has 0 aliphatic carbocycles. The lowest BCUT2D eigenvalue weighted by atomic mass is 9.79. The normalized spacial score (nSPS) is 17.4. The summed E-state index contributed by atoms with van der Waals surface area (Å²) >= 11 is 0. The van der Waals surface area contributed by atoms with Gasteiger partial charge in [0.05, 0.1) is 0 Å². The molecule has 0 aromatic heterocycles. The zero-order chi connectivity index (χ0) is 14.4. The van der Waals surface area contributed by atoms with Crippen molar-refractivity contribution in [3.05, 3.63) is 28.8 Å². The van der Waals surface area contributed by atoms with Gasteiger partial charge in [0.25, 0.3) is 0 Å². The van der Waals surface area contributed by atoms with E-state index < -0.39 is 0 Å². The summed E-state index contributed by atoms with van der Waals surface area (Å²) in [6.07, 6.45) is 1.07. The van der Waals surface area contributed by atoms with Crippen molar-refractivity contribution < 1.29 is 0 Å². The third kappa shape index (κ3) is 2.79. The summed E-state index contributed by atoms with van der Waals surface area (Å²) < 4.78 is 0. The molecule has 0 spiro atoms. The summed E-state index contributed by atoms with van der Waals surface area (Å²) in [6.45, 7) is 15.9. The SMILES string of the molecule is CC(C)(C)c1ccc(N)c2c1CN(C(C)(C)C)CC2. The Hall–Kier alpha value is -1.02. The fraction of sp³-hybridized carbons (Fsp3) is 0.647. The Bertz CT molecular complexity index is 475. The number of rotatable bonds is 0. The largest absolute Gasteiger partial charge is 0.398 e. The molecule has 0 unspecified atom stereocenters. The fourth-order valence-corrected chi connectivity index (χ4v) is 2.98. The molecule has 19 heavy (non-hydrogen) atoms. The predicted octanol–water partition coefficient (Wildman–Crippen LogP) is 3.72. The van der Waals surface area contributed by atoms with Crippen molar-refractivity contribution in [3.8, 4) is 0 Å². The van der Waals surface area contributed by atoms with Crippen molar-refractivity contribution in [3.63, 3.8) is 0 Å². The van der Waals surface area contributed by atoms with Crippen molar-refractivity contribution in [1.29, 1.82) is 0 Å². The van der Waals surface area contributed by atoms with Crippen molar-refractivity contribution in [2.45, 2.75) is 65.5 Å². The number of hydrogen-bond acceptors (Lipinski definition) is 2. The highest BCUT2D eigenvalue weighted by atomic mass is 15.2. The molecule has 0 amide bonds. The molecule has 1 aromatic carbocycles. The maximum Gasteiger partial charge on any atom is 0.0350 e. The average molecular weight is 260 g/mol. The lowest BCUT2D eigenvalue weighted by Crippen LogP contribution is -2.45. The van der Waals surface area contributed by atoms with Crippen molar-refractivity contribution in [1.82, 2.24) is 4.90 Å². The van der Waals surface area contributed by atoms with Gasteiger partial charge in [0, 0.05) is 24.3 Å². The number of anilines is 1. The lowest BCUT2D eigenvalue weighted by Gasteiger charge is -2.41. The Kier molecular flexibility index (Phi) is 3.42. The number of hydrogen-bond donors (Lipinski definition) is 1. The van der Waals surface area contributed by atoms with E-state index >= 15 is 0 Å². The lowest BCUT2D eigenvalue weighted by molar-refractivity contribution is 0.120. The second kappa shape index (κ2) is 4.52. The third-order valence-corrected chi connectivity index (χ3v) is 4.20. The Morgan fingerprint density at radius 2 is 1.63 bits per heavy atom. The van der Waals surface area contributed by atoms with E-state index in [0.717, 1.165) is 25.2 Å². The van der Waals surface area contributed by atoms with Gasteiger partial charge >= 0.3 is 0 Å². The molecule has 0 fully saturated rings. The van der Waals surface area contributed by atoms with E-state index in [4.69, 9.17) is 5.73 Å². The molecular formula is C17H28N2. The van der Waals surface area contributed by atoms with Crippen LogP contribution in [0.25, 0.3) is 0 Å². The highest BCUT2D eigenvalue weighted by Gasteiger charge is 2.30. The molecule has 1 aliphatic heterocycles. The van der Waals surface area contributed by atoms with Gasteiger partial charge in [0.15, 0.2) is 0 Å². The van der Waals surface area contributed by atoms with Crippen LogP contribution in [-0.4, -0.2) is 17.0 Å². The van der Waals surface area contributed by atoms with E-state index in [-0.39, 0.29) is 11.0 Å². The van der Waals surface area contributed by atoms with E-state index in [2.05, 4.69) is 58.6 Å². The van der Waals surface area contributed by atoms with Gasteiger partial charge in [-0.05, 0) is 55.4 Å². The average Bonchev–Trinajstić information content (AvgIpc) is 2.26. The summed E-state index contributed by atoms with van der Waals surface area (Å²) in [7, 11) is 0. The minimum Gasteiger partial charge on any atom is -0.398 e. The van der Waals surface area contributed by atoms with Crippen molar-refractivity contribution >= 4 is 5.69 Å². The van der Waals surface area contributed by atoms with E-state index in [1.807, 2.05) is 0 Å². The molecule has 106 valence electrons. The molecular weight excluding hydrogens is 232 g/mol. The fourth-order valence-electron chi connectivity index (χ4n) is 2.98. The Balaban J connectivity index is 2.49. The van der Waals surface area contributed by atoms with Crippen LogP contribution < -0.4 is 5.73 Å². The van der Waals surface area contributed by atoms with Crippen LogP contribution in [0.4, 0.5) is 5.69 Å². The zero-order valence-corrected chi connectivity index (χ0v) is 13.3. The van der Waals surface area contributed by atoms with E-state index in [0.29, 0.717) is 0 Å². The molecule has 0 saturated carbocycles. The minimum atomic E-state index is 0.179. The van der Waals surface area contributed by atoms with Gasteiger partial charge in [-0.2, -0.15) is 0 Å². The van der Waals surface area contributed by atoms with Gasteiger partial charge in [-0.3, -0.25) is 4.90 Å². The molecule has 2 rings (SSSR count). The first-order valence-electron chi connectivity index (χ1n) is 7.26. The second-order valence-corrected chi connectivity index (χ2v) is 7.75. The molecule has 1 aliphatic rings. The first-order valence-corrected chi connectivity index (χ1v) is 7.26. The molecule has 0 bridgehead atoms. The van der Waals surface area contributed by atoms with Gasteiger partial charge in [0.2, 0.25) is 0 Å². The quantitative estimate of drug-likeness (QED) is 0.720. The van der Waals surface area contributed by atoms with E-state index in [9.17, 15) is 0 Å². The molecule has 0 atom stereocenters. The third-order valence-electron chi connectivity index (χ3n) is 4.20. The monoisotopic (exact) mass is 260 g/mol. The second-order valence-electron chi connectivity index (χ2n) is 7.75. The van der Waals surface area contributed by atoms with Crippen LogP contribution in [0.2, 0.25) is 0 Å². The molecule has 0 saturated heterocycles. The Morgan fingerprint density at radius 1 is 1.00 bits per heavy atom. The number of nitrogen functional groups attached to an aromatic ring is 1. The van der Waals surface area contributed by atoms with Crippen LogP contribution in [0.5, 0.6) is 0 Å². The number of nitrogens with two attached hydrogens (primary N) is 1. The Labute approximate surface area is 118 Å². The Morgan fingerprint density at radius 3 is 2.16 bits per heavy atom. The first-order chi connectivity index (χ1) is 8.60. The summed E-state index contributed by atoms with van der Waals surface area (Å²) in [6, 6.07) is 4.31. The van der Waals surface area contributed by atoms with Crippen LogP contribution in [-0.2, 0) is 18.4 Å². The van der Waals surface area contributed by atoms with Crippen molar-refractivity contribution in [2.24, 2.45) is 0 Å². The standard InChI is InChI=1S/C17H28N2/c1-16(2,3)14-7-8-15(18)12-9-10-19(11-13(12)14)17(4,5)6/h7-8H,9-11,18H2,1-6H3. The molecule has 2 N–H and O–H groups in total. The van der Waals surface area contributed by atoms with Gasteiger partial charge in [-0.1, -0.05) is 26.8 Å². The summed E-state index contributed by atoms with van der Waals surface area (Å²) in [5.74, 6) is 0. The molecule has 2 heteroatoms. The predicted molar refractivity (Wildman–Crippen MR) is 83.4 cm³/mol. The topological polar surface area (TPSA) is 29.3 Å². The van der Waals surface area contributed by atoms with Gasteiger partial charge in [-0.25, -0.2) is 0 Å². The highest BCUT2D eigenvalue weighted by Crippen LogP contribution is 2.36. The van der Waals surface area contributed by atoms with Gasteiger partial charge < -0.3 is 5.73 Å². The number of benzene rings is 1. The number of nitrogens with zero attached hydrogens (tertiary/aromatic N) is 1. The van der Waals surface area contributed by atoms with Gasteiger partial charge in [0.1, 0.15) is 0 Å². The molecule has 1 aromatic rings. The van der Waals surface area contributed by atoms with E-state index in [1.165, 1.54) is 16.7 Å². The first kappa shape index (κ1) is 14.4. The van der Waals surface area contributed by atoms with Crippen LogP contribution in [0, 0.1) is 0 Å². The zero-order valence-electron chi connectivity index (χ0n) is 13.3. The van der Waals surface area contributed by atoms with Crippen LogP contribution in [0.1, 0.15) is 58.2 Å². The maximum atomic E-state index is 6.19. The summed E-state index contributed by atoms with van der Waals surface area (Å²) in [5, 5.41) is 0. The maximum absolute atomic E-state index is 6.19. The minimum absolute atomic E-state index is 0.179. The van der Waals surface area contributed by atoms with E-state index in [1.54, 1.807) is 0 Å². The van der Waals surface area contributed by atoms with Crippen LogP contribution in [0.3, 0.4) is 0 Å². The molecule has 1 heterocycles. The summed E-state index contributed by atoms with van der Waals surface area (Å²) in [4.78, 5) is 2.56. The van der Waals surface area contributed by atoms with Crippen molar-refractivity contribution in [2.75, 3.05) is 12.3 Å². The highest BCUT2D eigenvalue weighted by molar-refractivity contribution is 5.56. The smallest absolute Gasteiger partial charge is 0.0350 e.